The van der Waals surface area contributed by atoms with E-state index in [0.717, 1.165) is 58.1 Å². The van der Waals surface area contributed by atoms with Crippen molar-refractivity contribution in [1.82, 2.24) is 24.3 Å². The molecule has 0 unspecified atom stereocenters. The average Bonchev–Trinajstić information content (AvgIpc) is 3.47. The summed E-state index contributed by atoms with van der Waals surface area (Å²) in [6, 6.07) is 15.7. The molecule has 45 heavy (non-hydrogen) atoms. The molecule has 1 aromatic carbocycles. The molecule has 0 amide bonds. The lowest BCUT2D eigenvalue weighted by Gasteiger charge is -2.28. The number of carboxylic acid groups (broad SMARTS) is 2. The van der Waals surface area contributed by atoms with Crippen molar-refractivity contribution in [3.8, 4) is 11.3 Å². The van der Waals surface area contributed by atoms with Gasteiger partial charge in [0.15, 0.2) is 11.5 Å². The van der Waals surface area contributed by atoms with Gasteiger partial charge >= 0.3 is 18.1 Å². The van der Waals surface area contributed by atoms with Gasteiger partial charge in [0.2, 0.25) is 0 Å². The molecule has 3 N–H and O–H groups in total. The number of alkyl halides is 3. The molecule has 0 atom stereocenters. The highest BCUT2D eigenvalue weighted by Crippen LogP contribution is 2.27. The number of para-hydroxylation sites is 1. The van der Waals surface area contributed by atoms with E-state index >= 15 is 0 Å². The van der Waals surface area contributed by atoms with E-state index in [0.29, 0.717) is 19.0 Å². The molecule has 5 heterocycles. The van der Waals surface area contributed by atoms with E-state index in [9.17, 15) is 18.0 Å². The van der Waals surface area contributed by atoms with Crippen molar-refractivity contribution >= 4 is 52.3 Å². The Hall–Kier alpha value is -5.57. The molecule has 4 aromatic heterocycles. The smallest absolute Gasteiger partial charge is 0.480 e. The number of pyridine rings is 2. The third kappa shape index (κ3) is 7.69. The number of hydrogen-bond donors (Lipinski definition) is 3. The highest BCUT2D eigenvalue weighted by Gasteiger charge is 2.38. The van der Waals surface area contributed by atoms with Gasteiger partial charge in [0.1, 0.15) is 12.4 Å². The fourth-order valence-electron chi connectivity index (χ4n) is 4.44. The molecule has 12 nitrogen and oxygen atoms in total. The predicted molar refractivity (Wildman–Crippen MR) is 160 cm³/mol. The molecule has 232 valence electrons. The monoisotopic (exact) mass is 621 g/mol. The number of carbonyl (C=O) groups is 2. The maximum absolute atomic E-state index is 10.8. The SMILES string of the molecule is O=C(O)C(F)(F)F.O=C(O)CNc1ccc(-c2cnc(N3CCOCC3)c3nc(C=Cc4ccc5ccccc5n4)cn23)cn1. The Kier molecular flexibility index (Phi) is 9.18. The first-order valence-electron chi connectivity index (χ1n) is 13.6. The van der Waals surface area contributed by atoms with E-state index in [1.165, 1.54) is 0 Å². The van der Waals surface area contributed by atoms with E-state index in [2.05, 4.69) is 21.3 Å². The summed E-state index contributed by atoms with van der Waals surface area (Å²) >= 11 is 0. The molecule has 0 bridgehead atoms. The topological polar surface area (TPSA) is 155 Å². The van der Waals surface area contributed by atoms with Gasteiger partial charge in [-0.1, -0.05) is 24.3 Å². The molecule has 0 radical (unpaired) electrons. The summed E-state index contributed by atoms with van der Waals surface area (Å²) in [4.78, 5) is 40.7. The molecule has 0 spiro atoms. The second kappa shape index (κ2) is 13.4. The molecule has 6 rings (SSSR count). The molecular formula is C30H26F3N7O5. The normalized spacial score (nSPS) is 13.5. The van der Waals surface area contributed by atoms with E-state index < -0.39 is 18.1 Å². The molecule has 0 aliphatic carbocycles. The summed E-state index contributed by atoms with van der Waals surface area (Å²) < 4.78 is 39.3. The van der Waals surface area contributed by atoms with Crippen molar-refractivity contribution in [2.24, 2.45) is 0 Å². The van der Waals surface area contributed by atoms with Crippen molar-refractivity contribution < 1.29 is 37.7 Å². The van der Waals surface area contributed by atoms with E-state index in [1.807, 2.05) is 65.3 Å². The predicted octanol–water partition coefficient (Wildman–Crippen LogP) is 4.48. The number of aliphatic carboxylic acids is 2. The van der Waals surface area contributed by atoms with Crippen molar-refractivity contribution in [1.29, 1.82) is 0 Å². The second-order valence-electron chi connectivity index (χ2n) is 9.67. The fourth-order valence-corrected chi connectivity index (χ4v) is 4.44. The zero-order valence-electron chi connectivity index (χ0n) is 23.5. The van der Waals surface area contributed by atoms with E-state index in [1.54, 1.807) is 12.3 Å². The fraction of sp³-hybridized carbons (Fsp3) is 0.200. The molecule has 1 fully saturated rings. The Labute approximate surface area is 253 Å². The highest BCUT2D eigenvalue weighted by atomic mass is 19.4. The molecule has 0 saturated carbocycles. The number of halogens is 3. The number of fused-ring (bicyclic) bond motifs is 2. The second-order valence-corrected chi connectivity index (χ2v) is 9.67. The number of morpholine rings is 1. The number of carboxylic acids is 2. The van der Waals surface area contributed by atoms with Gasteiger partial charge in [-0.3, -0.25) is 9.20 Å². The summed E-state index contributed by atoms with van der Waals surface area (Å²) in [5.74, 6) is -2.42. The molecule has 1 saturated heterocycles. The Morgan fingerprint density at radius 2 is 1.67 bits per heavy atom. The van der Waals surface area contributed by atoms with Crippen LogP contribution < -0.4 is 10.2 Å². The lowest BCUT2D eigenvalue weighted by atomic mass is 10.2. The van der Waals surface area contributed by atoms with Gasteiger partial charge in [0.05, 0.1) is 42.0 Å². The van der Waals surface area contributed by atoms with Crippen LogP contribution in [0.15, 0.2) is 67.1 Å². The number of hydrogen-bond acceptors (Lipinski definition) is 9. The molecule has 15 heteroatoms. The molecular weight excluding hydrogens is 595 g/mol. The van der Waals surface area contributed by atoms with E-state index in [-0.39, 0.29) is 6.54 Å². The molecule has 5 aromatic rings. The maximum Gasteiger partial charge on any atom is 0.490 e. The molecule has 1 aliphatic heterocycles. The van der Waals surface area contributed by atoms with Gasteiger partial charge in [-0.25, -0.2) is 24.7 Å². The summed E-state index contributed by atoms with van der Waals surface area (Å²) in [7, 11) is 0. The average molecular weight is 622 g/mol. The van der Waals surface area contributed by atoms with Crippen LogP contribution in [0.4, 0.5) is 24.8 Å². The summed E-state index contributed by atoms with van der Waals surface area (Å²) in [6.45, 7) is 2.58. The minimum Gasteiger partial charge on any atom is -0.480 e. The van der Waals surface area contributed by atoms with Crippen molar-refractivity contribution in [2.45, 2.75) is 6.18 Å². The van der Waals surface area contributed by atoms with Gasteiger partial charge in [-0.05, 0) is 36.4 Å². The van der Waals surface area contributed by atoms with Crippen LogP contribution >= 0.6 is 0 Å². The first-order valence-corrected chi connectivity index (χ1v) is 13.6. The third-order valence-electron chi connectivity index (χ3n) is 6.57. The number of nitrogens with one attached hydrogen (secondary N) is 1. The number of anilines is 2. The maximum atomic E-state index is 10.8. The number of imidazole rings is 1. The lowest BCUT2D eigenvalue weighted by molar-refractivity contribution is -0.192. The van der Waals surface area contributed by atoms with Gasteiger partial charge < -0.3 is 25.2 Å². The van der Waals surface area contributed by atoms with Crippen LogP contribution in [0, 0.1) is 0 Å². The van der Waals surface area contributed by atoms with Crippen molar-refractivity contribution in [2.75, 3.05) is 43.1 Å². The van der Waals surface area contributed by atoms with Crippen LogP contribution in [0.25, 0.3) is 40.0 Å². The minimum absolute atomic E-state index is 0.199. The van der Waals surface area contributed by atoms with Gasteiger partial charge in [-0.15, -0.1) is 0 Å². The quantitative estimate of drug-likeness (QED) is 0.236. The summed E-state index contributed by atoms with van der Waals surface area (Å²) in [6.07, 6.45) is 4.32. The van der Waals surface area contributed by atoms with Gasteiger partial charge in [0, 0.05) is 36.4 Å². The summed E-state index contributed by atoms with van der Waals surface area (Å²) in [5, 5.41) is 19.9. The van der Waals surface area contributed by atoms with Crippen LogP contribution in [0.5, 0.6) is 0 Å². The minimum atomic E-state index is -5.08. The number of ether oxygens (including phenoxy) is 1. The standard InChI is InChI=1S/C28H25N7O3.C2HF3O2/c36-26(37)17-30-25-10-6-20(15-29-25)24-16-31-27(34-11-13-38-14-12-34)28-33-22(18-35(24)28)9-8-21-7-5-19-3-1-2-4-23(19)32-21;3-2(4,5)1(6)7/h1-10,15-16,18H,11-14,17H2,(H,29,30)(H,36,37);(H,6,7). The largest absolute Gasteiger partial charge is 0.490 e. The Bertz CT molecular complexity index is 1850. The number of aromatic nitrogens is 5. The van der Waals surface area contributed by atoms with Crippen molar-refractivity contribution in [3.63, 3.8) is 0 Å². The first-order chi connectivity index (χ1) is 21.6. The van der Waals surface area contributed by atoms with Crippen LogP contribution in [0.3, 0.4) is 0 Å². The zero-order chi connectivity index (χ0) is 32.0. The highest BCUT2D eigenvalue weighted by molar-refractivity contribution is 5.81. The molecule has 1 aliphatic rings. The first kappa shape index (κ1) is 30.9. The van der Waals surface area contributed by atoms with Crippen LogP contribution in [0.2, 0.25) is 0 Å². The Morgan fingerprint density at radius 1 is 0.933 bits per heavy atom. The van der Waals surface area contributed by atoms with Crippen molar-refractivity contribution in [3.05, 3.63) is 78.5 Å². The lowest BCUT2D eigenvalue weighted by Crippen LogP contribution is -2.37. The van der Waals surface area contributed by atoms with Gasteiger partial charge in [-0.2, -0.15) is 13.2 Å². The number of rotatable bonds is 7. The van der Waals surface area contributed by atoms with Crippen LogP contribution in [-0.4, -0.2) is 85.5 Å². The third-order valence-corrected chi connectivity index (χ3v) is 6.57. The Morgan fingerprint density at radius 3 is 2.36 bits per heavy atom. The van der Waals surface area contributed by atoms with E-state index in [4.69, 9.17) is 34.7 Å². The summed E-state index contributed by atoms with van der Waals surface area (Å²) in [5.41, 5.74) is 4.96. The number of benzene rings is 1. The van der Waals surface area contributed by atoms with Gasteiger partial charge in [0.25, 0.3) is 0 Å². The van der Waals surface area contributed by atoms with Crippen LogP contribution in [0.1, 0.15) is 11.4 Å². The Balaban J connectivity index is 0.000000515. The number of nitrogens with zero attached hydrogens (tertiary/aromatic N) is 6. The van der Waals surface area contributed by atoms with Crippen LogP contribution in [-0.2, 0) is 14.3 Å². The zero-order valence-corrected chi connectivity index (χ0v) is 23.5.